The lowest BCUT2D eigenvalue weighted by molar-refractivity contribution is 0.704. The van der Waals surface area contributed by atoms with Crippen molar-refractivity contribution in [2.75, 3.05) is 0 Å². The third-order valence-corrected chi connectivity index (χ3v) is 3.67. The van der Waals surface area contributed by atoms with Crippen LogP contribution in [0.2, 0.25) is 0 Å². The van der Waals surface area contributed by atoms with Crippen LogP contribution in [0.5, 0.6) is 0 Å². The van der Waals surface area contributed by atoms with Gasteiger partial charge in [0.15, 0.2) is 0 Å². The Balaban J connectivity index is 2.15. The molecule has 0 aliphatic rings. The van der Waals surface area contributed by atoms with Gasteiger partial charge in [-0.25, -0.2) is 4.98 Å². The Morgan fingerprint density at radius 3 is 2.65 bits per heavy atom. The molecule has 0 N–H and O–H groups in total. The van der Waals surface area contributed by atoms with Crippen molar-refractivity contribution in [3.8, 4) is 11.4 Å². The molecule has 0 fully saturated rings. The van der Waals surface area contributed by atoms with Crippen LogP contribution in [-0.2, 0) is 12.4 Å². The fourth-order valence-corrected chi connectivity index (χ4v) is 2.57. The normalized spacial score (nSPS) is 11.1. The third-order valence-electron chi connectivity index (χ3n) is 3.36. The van der Waals surface area contributed by atoms with Crippen LogP contribution in [0.1, 0.15) is 18.9 Å². The maximum atomic E-state index is 5.84. The molecule has 3 nitrogen and oxygen atoms in total. The van der Waals surface area contributed by atoms with Gasteiger partial charge in [-0.15, -0.1) is 11.6 Å². The number of hydrogen-bond donors (Lipinski definition) is 0. The summed E-state index contributed by atoms with van der Waals surface area (Å²) in [6.07, 6.45) is 4.70. The minimum absolute atomic E-state index is 0.537. The molecule has 0 aliphatic carbocycles. The van der Waals surface area contributed by atoms with Gasteiger partial charge in [0.05, 0.1) is 11.7 Å². The Bertz CT molecular complexity index is 716. The molecule has 0 radical (unpaired) electrons. The predicted molar refractivity (Wildman–Crippen MR) is 82.8 cm³/mol. The van der Waals surface area contributed by atoms with Crippen LogP contribution in [-0.4, -0.2) is 14.5 Å². The van der Waals surface area contributed by atoms with Gasteiger partial charge in [-0.3, -0.25) is 4.98 Å². The molecule has 20 heavy (non-hydrogen) atoms. The van der Waals surface area contributed by atoms with Gasteiger partial charge in [-0.1, -0.05) is 31.2 Å². The molecule has 3 rings (SSSR count). The lowest BCUT2D eigenvalue weighted by atomic mass is 10.1. The number of halogens is 1. The Labute approximate surface area is 123 Å². The van der Waals surface area contributed by atoms with Gasteiger partial charge >= 0.3 is 0 Å². The highest BCUT2D eigenvalue weighted by Crippen LogP contribution is 2.25. The monoisotopic (exact) mass is 285 g/mol. The molecular weight excluding hydrogens is 270 g/mol. The van der Waals surface area contributed by atoms with E-state index in [9.17, 15) is 0 Å². The highest BCUT2D eigenvalue weighted by molar-refractivity contribution is 6.17. The van der Waals surface area contributed by atoms with E-state index in [-0.39, 0.29) is 0 Å². The molecule has 3 aromatic rings. The van der Waals surface area contributed by atoms with Gasteiger partial charge in [0.2, 0.25) is 0 Å². The van der Waals surface area contributed by atoms with E-state index in [1.807, 2.05) is 18.5 Å². The van der Waals surface area contributed by atoms with E-state index >= 15 is 0 Å². The zero-order valence-corrected chi connectivity index (χ0v) is 12.1. The topological polar surface area (TPSA) is 30.7 Å². The first-order valence-electron chi connectivity index (χ1n) is 6.79. The van der Waals surface area contributed by atoms with E-state index in [4.69, 9.17) is 16.6 Å². The van der Waals surface area contributed by atoms with Gasteiger partial charge < -0.3 is 4.57 Å². The fourth-order valence-electron chi connectivity index (χ4n) is 2.39. The quantitative estimate of drug-likeness (QED) is 0.671. The van der Waals surface area contributed by atoms with Crippen LogP contribution >= 0.6 is 11.6 Å². The van der Waals surface area contributed by atoms with Crippen molar-refractivity contribution in [2.24, 2.45) is 0 Å². The van der Waals surface area contributed by atoms with Crippen LogP contribution < -0.4 is 0 Å². The number of hydrogen-bond acceptors (Lipinski definition) is 2. The van der Waals surface area contributed by atoms with Crippen LogP contribution in [0.15, 0.2) is 42.7 Å². The zero-order valence-electron chi connectivity index (χ0n) is 11.4. The van der Waals surface area contributed by atoms with Crippen LogP contribution in [0.25, 0.3) is 22.4 Å². The number of imidazole rings is 1. The zero-order chi connectivity index (χ0) is 13.9. The lowest BCUT2D eigenvalue weighted by Crippen LogP contribution is -1.99. The standard InChI is InChI=1S/C16H16ClN3/c1-2-9-20-15-7-8-18-11-14(15)19-16(20)13-5-3-12(10-17)4-6-13/h3-8,11H,2,9-10H2,1H3. The summed E-state index contributed by atoms with van der Waals surface area (Å²) < 4.78 is 2.26. The molecule has 0 saturated carbocycles. The molecule has 0 spiro atoms. The molecule has 0 amide bonds. The first-order valence-corrected chi connectivity index (χ1v) is 7.32. The van der Waals surface area contributed by atoms with E-state index in [1.54, 1.807) is 0 Å². The third kappa shape index (κ3) is 2.29. The molecule has 4 heteroatoms. The number of nitrogens with zero attached hydrogens (tertiary/aromatic N) is 3. The van der Waals surface area contributed by atoms with Crippen molar-refractivity contribution in [3.63, 3.8) is 0 Å². The van der Waals surface area contributed by atoms with Crippen molar-refractivity contribution < 1.29 is 0 Å². The maximum absolute atomic E-state index is 5.84. The predicted octanol–water partition coefficient (Wildman–Crippen LogP) is 4.25. The lowest BCUT2D eigenvalue weighted by Gasteiger charge is -2.08. The van der Waals surface area contributed by atoms with Gasteiger partial charge in [-0.2, -0.15) is 0 Å². The minimum atomic E-state index is 0.537. The first-order chi connectivity index (χ1) is 9.83. The Kier molecular flexibility index (Phi) is 3.70. The van der Waals surface area contributed by atoms with E-state index in [0.29, 0.717) is 5.88 Å². The number of alkyl halides is 1. The highest BCUT2D eigenvalue weighted by atomic mass is 35.5. The molecule has 1 aromatic carbocycles. The summed E-state index contributed by atoms with van der Waals surface area (Å²) in [5.41, 5.74) is 4.31. The summed E-state index contributed by atoms with van der Waals surface area (Å²) in [6.45, 7) is 3.13. The second-order valence-corrected chi connectivity index (χ2v) is 5.05. The summed E-state index contributed by atoms with van der Waals surface area (Å²) in [6, 6.07) is 10.3. The van der Waals surface area contributed by atoms with Crippen molar-refractivity contribution >= 4 is 22.6 Å². The van der Waals surface area contributed by atoms with E-state index in [1.165, 1.54) is 0 Å². The molecular formula is C16H16ClN3. The van der Waals surface area contributed by atoms with Gasteiger partial charge in [-0.05, 0) is 18.1 Å². The average molecular weight is 286 g/mol. The number of rotatable bonds is 4. The van der Waals surface area contributed by atoms with Gasteiger partial charge in [0, 0.05) is 24.2 Å². The number of fused-ring (bicyclic) bond motifs is 1. The van der Waals surface area contributed by atoms with Crippen molar-refractivity contribution in [1.82, 2.24) is 14.5 Å². The molecule has 0 unspecified atom stereocenters. The SMILES string of the molecule is CCCn1c(-c2ccc(CCl)cc2)nc2cnccc21. The highest BCUT2D eigenvalue weighted by Gasteiger charge is 2.11. The first kappa shape index (κ1) is 13.1. The van der Waals surface area contributed by atoms with E-state index in [0.717, 1.165) is 41.0 Å². The van der Waals surface area contributed by atoms with Gasteiger partial charge in [0.1, 0.15) is 11.3 Å². The van der Waals surface area contributed by atoms with Crippen LogP contribution in [0.3, 0.4) is 0 Å². The summed E-state index contributed by atoms with van der Waals surface area (Å²) in [5, 5.41) is 0. The minimum Gasteiger partial charge on any atom is -0.324 e. The van der Waals surface area contributed by atoms with Crippen molar-refractivity contribution in [1.29, 1.82) is 0 Å². The molecule has 0 aliphatic heterocycles. The Morgan fingerprint density at radius 2 is 1.95 bits per heavy atom. The summed E-state index contributed by atoms with van der Waals surface area (Å²) >= 11 is 5.84. The van der Waals surface area contributed by atoms with Crippen LogP contribution in [0.4, 0.5) is 0 Å². The molecule has 0 saturated heterocycles. The second kappa shape index (κ2) is 5.63. The number of benzene rings is 1. The maximum Gasteiger partial charge on any atom is 0.141 e. The van der Waals surface area contributed by atoms with Crippen LogP contribution in [0, 0.1) is 0 Å². The Morgan fingerprint density at radius 1 is 1.15 bits per heavy atom. The van der Waals surface area contributed by atoms with E-state index < -0.39 is 0 Å². The van der Waals surface area contributed by atoms with E-state index in [2.05, 4.69) is 40.7 Å². The number of aryl methyl sites for hydroxylation is 1. The second-order valence-electron chi connectivity index (χ2n) is 4.78. The molecule has 0 bridgehead atoms. The molecule has 2 aromatic heterocycles. The largest absolute Gasteiger partial charge is 0.324 e. The summed E-state index contributed by atoms with van der Waals surface area (Å²) in [5.74, 6) is 1.53. The average Bonchev–Trinajstić information content (AvgIpc) is 2.87. The number of pyridine rings is 1. The molecule has 2 heterocycles. The number of aromatic nitrogens is 3. The smallest absolute Gasteiger partial charge is 0.141 e. The Hall–Kier alpha value is -1.87. The van der Waals surface area contributed by atoms with Crippen molar-refractivity contribution in [2.45, 2.75) is 25.8 Å². The summed E-state index contributed by atoms with van der Waals surface area (Å²) in [4.78, 5) is 8.88. The van der Waals surface area contributed by atoms with Gasteiger partial charge in [0.25, 0.3) is 0 Å². The van der Waals surface area contributed by atoms with Crippen molar-refractivity contribution in [3.05, 3.63) is 48.3 Å². The molecule has 0 atom stereocenters. The molecule has 102 valence electrons. The summed E-state index contributed by atoms with van der Waals surface area (Å²) in [7, 11) is 0. The fraction of sp³-hybridized carbons (Fsp3) is 0.250.